The summed E-state index contributed by atoms with van der Waals surface area (Å²) >= 11 is -0.181. The summed E-state index contributed by atoms with van der Waals surface area (Å²) in [5, 5.41) is 1.29. The number of nitrogens with zero attached hydrogens (tertiary/aromatic N) is 1. The Hall–Kier alpha value is -0.0406. The molecule has 5 unspecified atom stereocenters. The van der Waals surface area contributed by atoms with Crippen LogP contribution >= 0.6 is 20.1 Å². The summed E-state index contributed by atoms with van der Waals surface area (Å²) < 4.78 is 0. The molecule has 0 bridgehead atoms. The van der Waals surface area contributed by atoms with Crippen LogP contribution in [0.3, 0.4) is 0 Å². The van der Waals surface area contributed by atoms with Crippen molar-refractivity contribution < 1.29 is 13.4 Å². The van der Waals surface area contributed by atoms with Gasteiger partial charge >= 0.3 is 33.5 Å². The van der Waals surface area contributed by atoms with E-state index < -0.39 is 8.07 Å². The van der Waals surface area contributed by atoms with Crippen molar-refractivity contribution in [3.63, 3.8) is 0 Å². The van der Waals surface area contributed by atoms with E-state index in [4.69, 9.17) is 25.1 Å². The van der Waals surface area contributed by atoms with Crippen molar-refractivity contribution in [3.8, 4) is 0 Å². The average molecular weight is 449 g/mol. The maximum atomic E-state index is 4.83. The molecule has 0 aliphatic heterocycles. The first-order valence-corrected chi connectivity index (χ1v) is 16.1. The molecule has 0 saturated heterocycles. The number of halogens is 2. The van der Waals surface area contributed by atoms with E-state index in [9.17, 15) is 0 Å². The summed E-state index contributed by atoms with van der Waals surface area (Å²) in [4.78, 5) is 4.74. The summed E-state index contributed by atoms with van der Waals surface area (Å²) in [6, 6.07) is 11.0. The third-order valence-corrected chi connectivity index (χ3v) is 9.09. The molecule has 0 radical (unpaired) electrons. The van der Waals surface area contributed by atoms with Crippen LogP contribution in [0.4, 0.5) is 0 Å². The van der Waals surface area contributed by atoms with E-state index in [0.29, 0.717) is 5.92 Å². The van der Waals surface area contributed by atoms with Gasteiger partial charge in [-0.1, -0.05) is 64.7 Å². The summed E-state index contributed by atoms with van der Waals surface area (Å²) in [6.07, 6.45) is 1.95. The van der Waals surface area contributed by atoms with Crippen molar-refractivity contribution in [2.45, 2.75) is 51.9 Å². The van der Waals surface area contributed by atoms with Gasteiger partial charge in [0.2, 0.25) is 0 Å². The van der Waals surface area contributed by atoms with E-state index in [1.165, 1.54) is 16.5 Å². The molecule has 3 rings (SSSR count). The molecule has 1 heterocycles. The molecule has 0 spiro atoms. The van der Waals surface area contributed by atoms with E-state index in [2.05, 4.69) is 64.7 Å². The molecule has 0 N–H and O–H groups in total. The number of para-hydroxylation sites is 1. The monoisotopic (exact) mass is 448 g/mol. The van der Waals surface area contributed by atoms with Crippen LogP contribution in [0.25, 0.3) is 10.9 Å². The van der Waals surface area contributed by atoms with Gasteiger partial charge in [0, 0.05) is 19.7 Å². The summed E-state index contributed by atoms with van der Waals surface area (Å²) in [6.45, 7) is 15.1. The number of fused-ring (bicyclic) bond motifs is 1. The first-order valence-electron chi connectivity index (χ1n) is 8.97. The summed E-state index contributed by atoms with van der Waals surface area (Å²) in [5.74, 6) is 3.00. The molecule has 1 aromatic heterocycles. The summed E-state index contributed by atoms with van der Waals surface area (Å²) in [7, 11) is 8.42. The van der Waals surface area contributed by atoms with Crippen LogP contribution in [0, 0.1) is 25.2 Å². The van der Waals surface area contributed by atoms with Gasteiger partial charge in [-0.3, -0.25) is 4.98 Å². The molecule has 5 atom stereocenters. The van der Waals surface area contributed by atoms with Gasteiger partial charge in [-0.15, -0.1) is 0 Å². The normalized spacial score (nSPS) is 28.1. The predicted molar refractivity (Wildman–Crippen MR) is 117 cm³/mol. The van der Waals surface area contributed by atoms with Gasteiger partial charge in [0.25, 0.3) is 0 Å². The van der Waals surface area contributed by atoms with E-state index >= 15 is 0 Å². The Balaban J connectivity index is 0.000000791. The molecule has 5 heteroatoms. The van der Waals surface area contributed by atoms with E-state index in [0.717, 1.165) is 23.3 Å². The van der Waals surface area contributed by atoms with Gasteiger partial charge in [-0.05, 0) is 40.8 Å². The zero-order valence-electron chi connectivity index (χ0n) is 17.0. The second-order valence-electron chi connectivity index (χ2n) is 8.48. The fourth-order valence-electron chi connectivity index (χ4n) is 4.99. The van der Waals surface area contributed by atoms with Crippen LogP contribution in [-0.4, -0.2) is 13.1 Å². The molecule has 145 valence electrons. The second kappa shape index (κ2) is 9.94. The molecule has 1 nitrogen and oxygen atoms in total. The molecule has 0 amide bonds. The second-order valence-corrected chi connectivity index (χ2v) is 16.0. The Kier molecular flexibility index (Phi) is 9.18. The molecular weight excluding hydrogens is 417 g/mol. The van der Waals surface area contributed by atoms with Crippen LogP contribution in [0.1, 0.15) is 32.3 Å². The van der Waals surface area contributed by atoms with E-state index in [1.807, 2.05) is 12.3 Å². The fourth-order valence-corrected chi connectivity index (χ4v) is 8.43. The third-order valence-electron chi connectivity index (χ3n) is 6.20. The Labute approximate surface area is 176 Å². The Bertz CT molecular complexity index is 698. The van der Waals surface area contributed by atoms with Crippen molar-refractivity contribution in [1.29, 1.82) is 0 Å². The van der Waals surface area contributed by atoms with Gasteiger partial charge in [0.1, 0.15) is 0 Å². The van der Waals surface area contributed by atoms with Gasteiger partial charge in [0.15, 0.2) is 0 Å². The zero-order valence-corrected chi connectivity index (χ0v) is 20.7. The topological polar surface area (TPSA) is 12.9 Å². The first-order chi connectivity index (χ1) is 11.7. The van der Waals surface area contributed by atoms with Crippen LogP contribution in [0.15, 0.2) is 36.5 Å². The van der Waals surface area contributed by atoms with Crippen molar-refractivity contribution in [3.05, 3.63) is 49.5 Å². The van der Waals surface area contributed by atoms with Gasteiger partial charge in [0.05, 0.1) is 5.52 Å². The zero-order chi connectivity index (χ0) is 18.8. The molecular formula is C21H32Cl2CrNSi. The quantitative estimate of drug-likeness (QED) is 0.337. The van der Waals surface area contributed by atoms with E-state index in [-0.39, 0.29) is 20.8 Å². The molecule has 26 heavy (non-hydrogen) atoms. The Morgan fingerprint density at radius 1 is 0.923 bits per heavy atom. The number of benzene rings is 1. The van der Waals surface area contributed by atoms with E-state index in [1.54, 1.807) is 0 Å². The molecule has 1 aliphatic rings. The fraction of sp³-hybridized carbons (Fsp3) is 0.524. The Morgan fingerprint density at radius 3 is 2.08 bits per heavy atom. The number of hydrogen-bond donors (Lipinski definition) is 0. The SMILES string of the molecule is CC1C(C)C(c2cccc3cccnc23)C([Si](C)(C)C)C1C.[CH3-].[Cl][Cr+][Cl]. The number of rotatable bonds is 2. The minimum atomic E-state index is -1.23. The molecule has 1 aromatic carbocycles. The van der Waals surface area contributed by atoms with Crippen LogP contribution in [0.5, 0.6) is 0 Å². The van der Waals surface area contributed by atoms with Crippen molar-refractivity contribution >= 4 is 39.1 Å². The first kappa shape index (κ1) is 24.0. The van der Waals surface area contributed by atoms with Crippen LogP contribution in [-0.2, 0) is 13.4 Å². The van der Waals surface area contributed by atoms with Crippen molar-refractivity contribution in [2.75, 3.05) is 0 Å². The number of pyridine rings is 1. The third kappa shape index (κ3) is 4.86. The van der Waals surface area contributed by atoms with Gasteiger partial charge in [-0.2, -0.15) is 0 Å². The average Bonchev–Trinajstić information content (AvgIpc) is 2.79. The predicted octanol–water partition coefficient (Wildman–Crippen LogP) is 7.78. The van der Waals surface area contributed by atoms with Crippen LogP contribution in [0.2, 0.25) is 25.2 Å². The minimum absolute atomic E-state index is 0. The molecule has 1 saturated carbocycles. The van der Waals surface area contributed by atoms with Gasteiger partial charge < -0.3 is 7.43 Å². The standard InChI is InChI=1S/C20H29NSi.CH3.2ClH.Cr/c1-13-14(2)18(20(15(13)3)22(4,5)6)17-11-7-9-16-10-8-12-21-19(16)17;;;;/h7-15,18,20H,1-6H3;1H3;2*1H;/q;-1;;;+3/p-2. The Morgan fingerprint density at radius 2 is 1.50 bits per heavy atom. The van der Waals surface area contributed by atoms with Crippen molar-refractivity contribution in [1.82, 2.24) is 4.98 Å². The molecule has 1 fully saturated rings. The van der Waals surface area contributed by atoms with Crippen molar-refractivity contribution in [2.24, 2.45) is 17.8 Å². The maximum absolute atomic E-state index is 4.83. The number of hydrogen-bond acceptors (Lipinski definition) is 1. The van der Waals surface area contributed by atoms with Gasteiger partial charge in [-0.25, -0.2) is 0 Å². The number of aromatic nitrogens is 1. The molecule has 2 aromatic rings. The van der Waals surface area contributed by atoms with Crippen LogP contribution < -0.4 is 0 Å². The molecule has 1 aliphatic carbocycles. The summed E-state index contributed by atoms with van der Waals surface area (Å²) in [5.41, 5.74) is 3.56.